The molecule has 1 aromatic heterocycles. The standard InChI is InChI=1S/C20H30N4O3S/c1-8-23(9-2)19(25)16-10-12-17(13-11-16)22-28(26,27)18-14(3)21-24(15(18)4)20(5,6)7/h10-13,22H,8-9H2,1-7H3. The molecule has 0 radical (unpaired) electrons. The highest BCUT2D eigenvalue weighted by Gasteiger charge is 2.28. The van der Waals surface area contributed by atoms with Crippen LogP contribution in [0.4, 0.5) is 5.69 Å². The highest BCUT2D eigenvalue weighted by atomic mass is 32.2. The first-order valence-corrected chi connectivity index (χ1v) is 10.9. The van der Waals surface area contributed by atoms with Crippen molar-refractivity contribution < 1.29 is 13.2 Å². The maximum atomic E-state index is 13.0. The lowest BCUT2D eigenvalue weighted by Gasteiger charge is -2.21. The normalized spacial score (nSPS) is 12.1. The number of aryl methyl sites for hydroxylation is 1. The molecule has 0 fully saturated rings. The largest absolute Gasteiger partial charge is 0.339 e. The molecule has 0 saturated heterocycles. The smallest absolute Gasteiger partial charge is 0.265 e. The Labute approximate surface area is 167 Å². The van der Waals surface area contributed by atoms with Crippen molar-refractivity contribution in [1.29, 1.82) is 0 Å². The third-order valence-corrected chi connectivity index (χ3v) is 6.20. The van der Waals surface area contributed by atoms with Gasteiger partial charge in [0.1, 0.15) is 4.90 Å². The summed E-state index contributed by atoms with van der Waals surface area (Å²) in [5.41, 5.74) is 1.65. The molecule has 0 bridgehead atoms. The van der Waals surface area contributed by atoms with E-state index in [1.807, 2.05) is 34.6 Å². The Hall–Kier alpha value is -2.35. The monoisotopic (exact) mass is 406 g/mol. The Morgan fingerprint density at radius 2 is 1.64 bits per heavy atom. The van der Waals surface area contributed by atoms with Gasteiger partial charge in [-0.05, 0) is 72.7 Å². The number of hydrogen-bond donors (Lipinski definition) is 1. The van der Waals surface area contributed by atoms with Gasteiger partial charge in [-0.15, -0.1) is 0 Å². The van der Waals surface area contributed by atoms with Gasteiger partial charge in [-0.1, -0.05) is 0 Å². The number of carbonyl (C=O) groups is 1. The van der Waals surface area contributed by atoms with Crippen LogP contribution in [0, 0.1) is 13.8 Å². The number of carbonyl (C=O) groups excluding carboxylic acids is 1. The molecule has 0 saturated carbocycles. The summed E-state index contributed by atoms with van der Waals surface area (Å²) in [6.07, 6.45) is 0. The molecular weight excluding hydrogens is 376 g/mol. The summed E-state index contributed by atoms with van der Waals surface area (Å²) in [6.45, 7) is 14.5. The van der Waals surface area contributed by atoms with Crippen LogP contribution in [0.15, 0.2) is 29.2 Å². The minimum absolute atomic E-state index is 0.0717. The highest BCUT2D eigenvalue weighted by molar-refractivity contribution is 7.92. The molecule has 1 heterocycles. The van der Waals surface area contributed by atoms with Crippen LogP contribution in [0.5, 0.6) is 0 Å². The summed E-state index contributed by atoms with van der Waals surface area (Å²) in [5, 5.41) is 4.41. The van der Waals surface area contributed by atoms with E-state index < -0.39 is 10.0 Å². The Balaban J connectivity index is 2.31. The molecule has 2 rings (SSSR count). The van der Waals surface area contributed by atoms with Crippen molar-refractivity contribution in [3.8, 4) is 0 Å². The van der Waals surface area contributed by atoms with Gasteiger partial charge in [0.05, 0.1) is 16.9 Å². The fourth-order valence-electron chi connectivity index (χ4n) is 3.25. The Bertz CT molecular complexity index is 951. The lowest BCUT2D eigenvalue weighted by atomic mass is 10.1. The molecule has 28 heavy (non-hydrogen) atoms. The van der Waals surface area contributed by atoms with Gasteiger partial charge in [0.2, 0.25) is 0 Å². The maximum absolute atomic E-state index is 13.0. The zero-order valence-electron chi connectivity index (χ0n) is 17.7. The summed E-state index contributed by atoms with van der Waals surface area (Å²) in [6, 6.07) is 6.48. The molecule has 0 aliphatic carbocycles. The van der Waals surface area contributed by atoms with Crippen molar-refractivity contribution in [2.45, 2.75) is 58.9 Å². The van der Waals surface area contributed by atoms with Gasteiger partial charge in [0.15, 0.2) is 0 Å². The Morgan fingerprint density at radius 3 is 2.07 bits per heavy atom. The molecule has 154 valence electrons. The lowest BCUT2D eigenvalue weighted by Crippen LogP contribution is -2.30. The van der Waals surface area contributed by atoms with E-state index in [9.17, 15) is 13.2 Å². The van der Waals surface area contributed by atoms with Crippen molar-refractivity contribution in [3.05, 3.63) is 41.2 Å². The molecule has 0 aliphatic rings. The first kappa shape index (κ1) is 21.9. The van der Waals surface area contributed by atoms with Gasteiger partial charge >= 0.3 is 0 Å². The van der Waals surface area contributed by atoms with Gasteiger partial charge in [-0.25, -0.2) is 8.42 Å². The maximum Gasteiger partial charge on any atom is 0.265 e. The summed E-state index contributed by atoms with van der Waals surface area (Å²) in [5.74, 6) is -0.0717. The van der Waals surface area contributed by atoms with E-state index in [2.05, 4.69) is 9.82 Å². The van der Waals surface area contributed by atoms with Gasteiger partial charge < -0.3 is 4.90 Å². The van der Waals surface area contributed by atoms with Crippen LogP contribution in [-0.4, -0.2) is 42.1 Å². The van der Waals surface area contributed by atoms with Gasteiger partial charge in [0, 0.05) is 24.3 Å². The SMILES string of the molecule is CCN(CC)C(=O)c1ccc(NS(=O)(=O)c2c(C)nn(C(C)(C)C)c2C)cc1. The van der Waals surface area contributed by atoms with E-state index in [-0.39, 0.29) is 16.3 Å². The molecule has 1 aromatic carbocycles. The predicted octanol–water partition coefficient (Wildman–Crippen LogP) is 3.54. The van der Waals surface area contributed by atoms with Crippen LogP contribution in [0.2, 0.25) is 0 Å². The topological polar surface area (TPSA) is 84.3 Å². The van der Waals surface area contributed by atoms with E-state index in [0.29, 0.717) is 35.7 Å². The number of nitrogens with one attached hydrogen (secondary N) is 1. The third-order valence-electron chi connectivity index (χ3n) is 4.56. The van der Waals surface area contributed by atoms with Crippen molar-refractivity contribution in [3.63, 3.8) is 0 Å². The molecule has 7 nitrogen and oxygen atoms in total. The molecule has 0 spiro atoms. The number of aromatic nitrogens is 2. The molecule has 2 aromatic rings. The van der Waals surface area contributed by atoms with Crippen LogP contribution < -0.4 is 4.72 Å². The van der Waals surface area contributed by atoms with Gasteiger partial charge in [-0.2, -0.15) is 5.10 Å². The Kier molecular flexibility index (Phi) is 6.23. The van der Waals surface area contributed by atoms with E-state index in [0.717, 1.165) is 0 Å². The van der Waals surface area contributed by atoms with Crippen molar-refractivity contribution in [1.82, 2.24) is 14.7 Å². The lowest BCUT2D eigenvalue weighted by molar-refractivity contribution is 0.0773. The fraction of sp³-hybridized carbons (Fsp3) is 0.500. The van der Waals surface area contributed by atoms with Gasteiger partial charge in [-0.3, -0.25) is 14.2 Å². The highest BCUT2D eigenvalue weighted by Crippen LogP contribution is 2.27. The van der Waals surface area contributed by atoms with E-state index in [1.54, 1.807) is 47.7 Å². The molecular formula is C20H30N4O3S. The number of nitrogens with zero attached hydrogens (tertiary/aromatic N) is 3. The number of anilines is 1. The van der Waals surface area contributed by atoms with Crippen LogP contribution in [-0.2, 0) is 15.6 Å². The van der Waals surface area contributed by atoms with Crippen LogP contribution in [0.3, 0.4) is 0 Å². The zero-order valence-corrected chi connectivity index (χ0v) is 18.5. The molecule has 1 amide bonds. The fourth-order valence-corrected chi connectivity index (χ4v) is 4.70. The second-order valence-corrected chi connectivity index (χ2v) is 9.36. The molecule has 1 N–H and O–H groups in total. The zero-order chi connectivity index (χ0) is 21.3. The number of amides is 1. The van der Waals surface area contributed by atoms with Crippen molar-refractivity contribution >= 4 is 21.6 Å². The van der Waals surface area contributed by atoms with E-state index in [4.69, 9.17) is 0 Å². The van der Waals surface area contributed by atoms with Crippen molar-refractivity contribution in [2.75, 3.05) is 17.8 Å². The predicted molar refractivity (Wildman–Crippen MR) is 111 cm³/mol. The minimum Gasteiger partial charge on any atom is -0.339 e. The molecule has 0 atom stereocenters. The summed E-state index contributed by atoms with van der Waals surface area (Å²) < 4.78 is 30.3. The number of rotatable bonds is 6. The van der Waals surface area contributed by atoms with Crippen LogP contribution in [0.25, 0.3) is 0 Å². The minimum atomic E-state index is -3.80. The van der Waals surface area contributed by atoms with Crippen LogP contribution in [0.1, 0.15) is 56.4 Å². The number of sulfonamides is 1. The average molecular weight is 407 g/mol. The second-order valence-electron chi connectivity index (χ2n) is 7.74. The van der Waals surface area contributed by atoms with Crippen molar-refractivity contribution in [2.24, 2.45) is 0 Å². The third kappa shape index (κ3) is 4.38. The quantitative estimate of drug-likeness (QED) is 0.795. The first-order chi connectivity index (χ1) is 12.9. The summed E-state index contributed by atoms with van der Waals surface area (Å²) in [4.78, 5) is 14.3. The number of hydrogen-bond acceptors (Lipinski definition) is 4. The van der Waals surface area contributed by atoms with Crippen LogP contribution >= 0.6 is 0 Å². The summed E-state index contributed by atoms with van der Waals surface area (Å²) >= 11 is 0. The average Bonchev–Trinajstić information content (AvgIpc) is 2.91. The van der Waals surface area contributed by atoms with Gasteiger partial charge in [0.25, 0.3) is 15.9 Å². The summed E-state index contributed by atoms with van der Waals surface area (Å²) in [7, 11) is -3.80. The first-order valence-electron chi connectivity index (χ1n) is 9.41. The van der Waals surface area contributed by atoms with E-state index in [1.165, 1.54) is 0 Å². The molecule has 0 unspecified atom stereocenters. The number of benzene rings is 1. The van der Waals surface area contributed by atoms with E-state index >= 15 is 0 Å². The molecule has 0 aliphatic heterocycles. The Morgan fingerprint density at radius 1 is 1.11 bits per heavy atom. The molecule has 8 heteroatoms. The second kappa shape index (κ2) is 7.95.